The van der Waals surface area contributed by atoms with Crippen LogP contribution in [0.4, 0.5) is 14.9 Å². The van der Waals surface area contributed by atoms with E-state index in [1.165, 1.54) is 12.1 Å². The SMILES string of the molecule is CC(C)N(CCN)C(=O)Nc1cccc(F)c1. The number of carbonyl (C=O) groups excluding carboxylic acids is 1. The molecule has 0 fully saturated rings. The van der Waals surface area contributed by atoms with Gasteiger partial charge in [-0.25, -0.2) is 9.18 Å². The summed E-state index contributed by atoms with van der Waals surface area (Å²) in [7, 11) is 0. The van der Waals surface area contributed by atoms with Gasteiger partial charge >= 0.3 is 6.03 Å². The number of halogens is 1. The quantitative estimate of drug-likeness (QED) is 0.844. The third kappa shape index (κ3) is 4.03. The van der Waals surface area contributed by atoms with Crippen molar-refractivity contribution in [3.05, 3.63) is 30.1 Å². The van der Waals surface area contributed by atoms with Crippen molar-refractivity contribution in [3.8, 4) is 0 Å². The van der Waals surface area contributed by atoms with Gasteiger partial charge in [0.05, 0.1) is 0 Å². The van der Waals surface area contributed by atoms with E-state index < -0.39 is 0 Å². The van der Waals surface area contributed by atoms with E-state index in [9.17, 15) is 9.18 Å². The summed E-state index contributed by atoms with van der Waals surface area (Å²) < 4.78 is 12.9. The first-order chi connectivity index (χ1) is 8.04. The molecule has 0 atom stereocenters. The van der Waals surface area contributed by atoms with Crippen LogP contribution in [0.1, 0.15) is 13.8 Å². The maximum atomic E-state index is 12.9. The summed E-state index contributed by atoms with van der Waals surface area (Å²) in [4.78, 5) is 13.5. The Labute approximate surface area is 101 Å². The van der Waals surface area contributed by atoms with E-state index in [1.54, 1.807) is 17.0 Å². The molecule has 0 aliphatic heterocycles. The molecule has 4 nitrogen and oxygen atoms in total. The normalized spacial score (nSPS) is 10.4. The fourth-order valence-corrected chi connectivity index (χ4v) is 1.49. The summed E-state index contributed by atoms with van der Waals surface area (Å²) in [5.41, 5.74) is 5.88. The van der Waals surface area contributed by atoms with Crippen molar-refractivity contribution in [2.24, 2.45) is 5.73 Å². The van der Waals surface area contributed by atoms with Crippen molar-refractivity contribution in [1.82, 2.24) is 4.90 Å². The maximum absolute atomic E-state index is 12.9. The first-order valence-electron chi connectivity index (χ1n) is 5.58. The molecule has 2 amide bonds. The molecule has 1 rings (SSSR count). The minimum Gasteiger partial charge on any atom is -0.329 e. The highest BCUT2D eigenvalue weighted by atomic mass is 19.1. The Kier molecular flexibility index (Phi) is 4.90. The molecule has 0 radical (unpaired) electrons. The number of nitrogens with two attached hydrogens (primary N) is 1. The Morgan fingerprint density at radius 2 is 2.24 bits per heavy atom. The van der Waals surface area contributed by atoms with Gasteiger partial charge in [-0.1, -0.05) is 6.07 Å². The van der Waals surface area contributed by atoms with Gasteiger partial charge in [-0.3, -0.25) is 0 Å². The molecular weight excluding hydrogens is 221 g/mol. The molecule has 0 unspecified atom stereocenters. The molecule has 3 N–H and O–H groups in total. The van der Waals surface area contributed by atoms with Crippen LogP contribution in [0.2, 0.25) is 0 Å². The zero-order valence-electron chi connectivity index (χ0n) is 10.1. The minimum atomic E-state index is -0.377. The highest BCUT2D eigenvalue weighted by Crippen LogP contribution is 2.10. The van der Waals surface area contributed by atoms with Gasteiger partial charge in [0.2, 0.25) is 0 Å². The smallest absolute Gasteiger partial charge is 0.322 e. The fraction of sp³-hybridized carbons (Fsp3) is 0.417. The Morgan fingerprint density at radius 3 is 2.76 bits per heavy atom. The number of benzene rings is 1. The minimum absolute atomic E-state index is 0.0482. The number of anilines is 1. The standard InChI is InChI=1S/C12H18FN3O/c1-9(2)16(7-6-14)12(17)15-11-5-3-4-10(13)8-11/h3-5,8-9H,6-7,14H2,1-2H3,(H,15,17). The van der Waals surface area contributed by atoms with E-state index in [-0.39, 0.29) is 17.9 Å². The van der Waals surface area contributed by atoms with E-state index >= 15 is 0 Å². The van der Waals surface area contributed by atoms with E-state index in [0.717, 1.165) is 0 Å². The van der Waals surface area contributed by atoms with Crippen LogP contribution in [0.5, 0.6) is 0 Å². The molecule has 0 aliphatic carbocycles. The molecule has 0 heterocycles. The summed E-state index contributed by atoms with van der Waals surface area (Å²) in [6.07, 6.45) is 0. The van der Waals surface area contributed by atoms with Crippen LogP contribution < -0.4 is 11.1 Å². The van der Waals surface area contributed by atoms with E-state index in [1.807, 2.05) is 13.8 Å². The largest absolute Gasteiger partial charge is 0.329 e. The third-order valence-electron chi connectivity index (χ3n) is 2.33. The van der Waals surface area contributed by atoms with Crippen molar-refractivity contribution in [2.75, 3.05) is 18.4 Å². The first kappa shape index (κ1) is 13.4. The molecule has 94 valence electrons. The molecule has 17 heavy (non-hydrogen) atoms. The topological polar surface area (TPSA) is 58.4 Å². The van der Waals surface area contributed by atoms with Crippen molar-refractivity contribution in [2.45, 2.75) is 19.9 Å². The number of amides is 2. The number of carbonyl (C=O) groups is 1. The second-order valence-corrected chi connectivity index (χ2v) is 4.02. The lowest BCUT2D eigenvalue weighted by atomic mass is 10.3. The highest BCUT2D eigenvalue weighted by Gasteiger charge is 2.15. The lowest BCUT2D eigenvalue weighted by Crippen LogP contribution is -2.42. The van der Waals surface area contributed by atoms with Crippen molar-refractivity contribution >= 4 is 11.7 Å². The molecule has 1 aromatic carbocycles. The van der Waals surface area contributed by atoms with Crippen molar-refractivity contribution in [1.29, 1.82) is 0 Å². The molecule has 0 bridgehead atoms. The van der Waals surface area contributed by atoms with Gasteiger partial charge in [-0.2, -0.15) is 0 Å². The van der Waals surface area contributed by atoms with Gasteiger partial charge in [0.1, 0.15) is 5.82 Å². The zero-order chi connectivity index (χ0) is 12.8. The predicted molar refractivity (Wildman–Crippen MR) is 66.3 cm³/mol. The fourth-order valence-electron chi connectivity index (χ4n) is 1.49. The lowest BCUT2D eigenvalue weighted by Gasteiger charge is -2.26. The number of hydrogen-bond acceptors (Lipinski definition) is 2. The Hall–Kier alpha value is -1.62. The molecule has 0 spiro atoms. The summed E-state index contributed by atoms with van der Waals surface area (Å²) >= 11 is 0. The van der Waals surface area contributed by atoms with Gasteiger partial charge in [0.15, 0.2) is 0 Å². The van der Waals surface area contributed by atoms with Crippen molar-refractivity contribution in [3.63, 3.8) is 0 Å². The Morgan fingerprint density at radius 1 is 1.53 bits per heavy atom. The van der Waals surface area contributed by atoms with E-state index in [4.69, 9.17) is 5.73 Å². The second kappa shape index (κ2) is 6.20. The monoisotopic (exact) mass is 239 g/mol. The van der Waals surface area contributed by atoms with Crippen molar-refractivity contribution < 1.29 is 9.18 Å². The highest BCUT2D eigenvalue weighted by molar-refractivity contribution is 5.89. The number of urea groups is 1. The van der Waals surface area contributed by atoms with Crippen LogP contribution in [0, 0.1) is 5.82 Å². The predicted octanol–water partition coefficient (Wildman–Crippen LogP) is 2.03. The first-order valence-corrected chi connectivity index (χ1v) is 5.58. The molecule has 5 heteroatoms. The van der Waals surface area contributed by atoms with Crippen LogP contribution >= 0.6 is 0 Å². The van der Waals surface area contributed by atoms with Gasteiger partial charge in [-0.05, 0) is 32.0 Å². The number of nitrogens with zero attached hydrogens (tertiary/aromatic N) is 1. The van der Waals surface area contributed by atoms with Gasteiger partial charge in [0, 0.05) is 24.8 Å². The average Bonchev–Trinajstić information content (AvgIpc) is 2.25. The maximum Gasteiger partial charge on any atom is 0.322 e. The van der Waals surface area contributed by atoms with Gasteiger partial charge in [0.25, 0.3) is 0 Å². The number of nitrogens with one attached hydrogen (secondary N) is 1. The number of rotatable bonds is 4. The van der Waals surface area contributed by atoms with Crippen LogP contribution in [-0.2, 0) is 0 Å². The summed E-state index contributed by atoms with van der Waals surface area (Å²) in [5.74, 6) is -0.377. The van der Waals surface area contributed by atoms with Gasteiger partial charge in [-0.15, -0.1) is 0 Å². The van der Waals surface area contributed by atoms with Crippen LogP contribution in [0.25, 0.3) is 0 Å². The van der Waals surface area contributed by atoms with Crippen LogP contribution in [-0.4, -0.2) is 30.1 Å². The average molecular weight is 239 g/mol. The van der Waals surface area contributed by atoms with Gasteiger partial charge < -0.3 is 16.0 Å². The molecule has 0 aromatic heterocycles. The molecule has 0 saturated carbocycles. The van der Waals surface area contributed by atoms with Crippen LogP contribution in [0.3, 0.4) is 0 Å². The number of hydrogen-bond donors (Lipinski definition) is 2. The van der Waals surface area contributed by atoms with Crippen LogP contribution in [0.15, 0.2) is 24.3 Å². The second-order valence-electron chi connectivity index (χ2n) is 4.02. The third-order valence-corrected chi connectivity index (χ3v) is 2.33. The molecule has 1 aromatic rings. The lowest BCUT2D eigenvalue weighted by molar-refractivity contribution is 0.199. The zero-order valence-corrected chi connectivity index (χ0v) is 10.1. The summed E-state index contributed by atoms with van der Waals surface area (Å²) in [5, 5.41) is 2.64. The summed E-state index contributed by atoms with van der Waals surface area (Å²) in [6.45, 7) is 4.68. The summed E-state index contributed by atoms with van der Waals surface area (Å²) in [6, 6.07) is 5.58. The van der Waals surface area contributed by atoms with E-state index in [2.05, 4.69) is 5.32 Å². The Bertz CT molecular complexity index is 382. The van der Waals surface area contributed by atoms with E-state index in [0.29, 0.717) is 18.8 Å². The molecular formula is C12H18FN3O. The Balaban J connectivity index is 2.69. The molecule has 0 saturated heterocycles. The molecule has 0 aliphatic rings.